The van der Waals surface area contributed by atoms with Gasteiger partial charge in [-0.05, 0) is 18.9 Å². The van der Waals surface area contributed by atoms with Crippen molar-refractivity contribution in [3.63, 3.8) is 0 Å². The first-order chi connectivity index (χ1) is 13.2. The molecule has 4 rings (SSSR count). The molecular weight excluding hydrogens is 344 g/mol. The monoisotopic (exact) mass is 366 g/mol. The van der Waals surface area contributed by atoms with Gasteiger partial charge in [-0.2, -0.15) is 10.2 Å². The number of aromatic nitrogens is 4. The minimum atomic E-state index is -0.316. The lowest BCUT2D eigenvalue weighted by atomic mass is 10.2. The molecule has 0 aliphatic heterocycles. The number of fused-ring (bicyclic) bond motifs is 1. The second-order valence-electron chi connectivity index (χ2n) is 6.74. The maximum absolute atomic E-state index is 12.4. The number of carbonyl (C=O) groups is 1. The lowest BCUT2D eigenvalue weighted by molar-refractivity contribution is 0.251. The van der Waals surface area contributed by atoms with E-state index in [1.54, 1.807) is 24.5 Å². The fourth-order valence-electron chi connectivity index (χ4n) is 3.58. The lowest BCUT2D eigenvalue weighted by Gasteiger charge is -2.15. The smallest absolute Gasteiger partial charge is 0.320 e. The van der Waals surface area contributed by atoms with Crippen LogP contribution in [0.5, 0.6) is 0 Å². The van der Waals surface area contributed by atoms with E-state index in [2.05, 4.69) is 20.8 Å². The van der Waals surface area contributed by atoms with Crippen LogP contribution < -0.4 is 16.2 Å². The van der Waals surface area contributed by atoms with Gasteiger partial charge >= 0.3 is 6.03 Å². The summed E-state index contributed by atoms with van der Waals surface area (Å²) < 4.78 is 3.26. The zero-order valence-electron chi connectivity index (χ0n) is 15.0. The van der Waals surface area contributed by atoms with Gasteiger partial charge in [-0.1, -0.05) is 31.0 Å². The highest BCUT2D eigenvalue weighted by molar-refractivity contribution is 5.88. The normalized spacial score (nSPS) is 14.5. The summed E-state index contributed by atoms with van der Waals surface area (Å²) in [5.41, 5.74) is -0.158. The zero-order chi connectivity index (χ0) is 18.6. The molecule has 0 bridgehead atoms. The third-order valence-electron chi connectivity index (χ3n) is 4.95. The Bertz CT molecular complexity index is 1000. The standard InChI is InChI=1S/C19H22N6O2/c26-18-16-8-4-1-5-14(16)13-22-24(18)12-11-20-19(27)23-17-9-10-21-25(17)15-6-2-3-7-15/h1,4-5,8-10,13,15H,2-3,6-7,11-12H2,(H2,20,23,27). The highest BCUT2D eigenvalue weighted by Gasteiger charge is 2.20. The summed E-state index contributed by atoms with van der Waals surface area (Å²) in [5.74, 6) is 0.695. The summed E-state index contributed by atoms with van der Waals surface area (Å²) >= 11 is 0. The van der Waals surface area contributed by atoms with Crippen molar-refractivity contribution in [2.45, 2.75) is 38.3 Å². The van der Waals surface area contributed by atoms with Gasteiger partial charge in [0, 0.05) is 18.0 Å². The summed E-state index contributed by atoms with van der Waals surface area (Å²) in [4.78, 5) is 24.6. The van der Waals surface area contributed by atoms with Crippen LogP contribution in [-0.2, 0) is 6.54 Å². The van der Waals surface area contributed by atoms with Gasteiger partial charge in [0.15, 0.2) is 0 Å². The number of nitrogens with one attached hydrogen (secondary N) is 2. The third kappa shape index (κ3) is 3.69. The molecule has 0 atom stereocenters. The highest BCUT2D eigenvalue weighted by Crippen LogP contribution is 2.31. The van der Waals surface area contributed by atoms with Crippen LogP contribution in [0.3, 0.4) is 0 Å². The summed E-state index contributed by atoms with van der Waals surface area (Å²) in [6.45, 7) is 0.605. The Labute approximate surface area is 156 Å². The van der Waals surface area contributed by atoms with E-state index in [0.29, 0.717) is 30.3 Å². The molecule has 1 aliphatic carbocycles. The van der Waals surface area contributed by atoms with Crippen LogP contribution in [-0.4, -0.2) is 32.1 Å². The fourth-order valence-corrected chi connectivity index (χ4v) is 3.58. The van der Waals surface area contributed by atoms with Crippen LogP contribution in [0.1, 0.15) is 31.7 Å². The molecule has 0 unspecified atom stereocenters. The third-order valence-corrected chi connectivity index (χ3v) is 4.95. The molecule has 2 heterocycles. The molecule has 27 heavy (non-hydrogen) atoms. The molecule has 8 nitrogen and oxygen atoms in total. The Balaban J connectivity index is 1.35. The van der Waals surface area contributed by atoms with Crippen molar-refractivity contribution in [1.82, 2.24) is 24.9 Å². The second-order valence-corrected chi connectivity index (χ2v) is 6.74. The first kappa shape index (κ1) is 17.3. The van der Waals surface area contributed by atoms with Crippen molar-refractivity contribution in [2.24, 2.45) is 0 Å². The van der Waals surface area contributed by atoms with Crippen LogP contribution in [0.2, 0.25) is 0 Å². The SMILES string of the molecule is O=C(NCCn1ncc2ccccc2c1=O)Nc1ccnn1C1CCCC1. The Morgan fingerprint density at radius 2 is 1.96 bits per heavy atom. The zero-order valence-corrected chi connectivity index (χ0v) is 15.0. The van der Waals surface area contributed by atoms with Gasteiger partial charge < -0.3 is 5.32 Å². The molecule has 0 saturated heterocycles. The summed E-state index contributed by atoms with van der Waals surface area (Å²) in [6.07, 6.45) is 7.94. The van der Waals surface area contributed by atoms with E-state index in [9.17, 15) is 9.59 Å². The van der Waals surface area contributed by atoms with Crippen molar-refractivity contribution in [1.29, 1.82) is 0 Å². The van der Waals surface area contributed by atoms with Crippen molar-refractivity contribution in [2.75, 3.05) is 11.9 Å². The Kier molecular flexibility index (Phi) is 4.86. The molecule has 3 aromatic rings. The molecule has 1 aliphatic rings. The quantitative estimate of drug-likeness (QED) is 0.725. The maximum Gasteiger partial charge on any atom is 0.320 e. The number of amides is 2. The molecule has 1 saturated carbocycles. The largest absolute Gasteiger partial charge is 0.336 e. The van der Waals surface area contributed by atoms with Crippen LogP contribution in [0, 0.1) is 0 Å². The van der Waals surface area contributed by atoms with Gasteiger partial charge in [-0.15, -0.1) is 0 Å². The number of hydrogen-bond acceptors (Lipinski definition) is 4. The number of carbonyl (C=O) groups excluding carboxylic acids is 1. The average molecular weight is 366 g/mol. The first-order valence-electron chi connectivity index (χ1n) is 9.25. The van der Waals surface area contributed by atoms with E-state index in [1.165, 1.54) is 17.5 Å². The van der Waals surface area contributed by atoms with Gasteiger partial charge in [-0.3, -0.25) is 10.1 Å². The Morgan fingerprint density at radius 1 is 1.15 bits per heavy atom. The lowest BCUT2D eigenvalue weighted by Crippen LogP contribution is -2.35. The second kappa shape index (κ2) is 7.61. The van der Waals surface area contributed by atoms with Crippen molar-refractivity contribution in [3.8, 4) is 0 Å². The molecule has 2 N–H and O–H groups in total. The highest BCUT2D eigenvalue weighted by atomic mass is 16.2. The van der Waals surface area contributed by atoms with Crippen LogP contribution >= 0.6 is 0 Å². The molecule has 1 aromatic carbocycles. The van der Waals surface area contributed by atoms with Crippen LogP contribution in [0.25, 0.3) is 10.8 Å². The van der Waals surface area contributed by atoms with Crippen molar-refractivity contribution < 1.29 is 4.79 Å². The van der Waals surface area contributed by atoms with Crippen LogP contribution in [0.4, 0.5) is 10.6 Å². The van der Waals surface area contributed by atoms with E-state index >= 15 is 0 Å². The van der Waals surface area contributed by atoms with Gasteiger partial charge in [0.1, 0.15) is 5.82 Å². The molecule has 2 amide bonds. The van der Waals surface area contributed by atoms with Gasteiger partial charge in [0.25, 0.3) is 5.56 Å². The summed E-state index contributed by atoms with van der Waals surface area (Å²) in [6, 6.07) is 9.17. The van der Waals surface area contributed by atoms with E-state index in [4.69, 9.17) is 0 Å². The summed E-state index contributed by atoms with van der Waals surface area (Å²) in [5, 5.41) is 15.5. The fraction of sp³-hybridized carbons (Fsp3) is 0.368. The number of urea groups is 1. The predicted molar refractivity (Wildman–Crippen MR) is 103 cm³/mol. The molecule has 1 fully saturated rings. The number of anilines is 1. The van der Waals surface area contributed by atoms with E-state index in [0.717, 1.165) is 18.2 Å². The molecule has 8 heteroatoms. The minimum Gasteiger partial charge on any atom is -0.336 e. The maximum atomic E-state index is 12.4. The number of benzene rings is 1. The Morgan fingerprint density at radius 3 is 2.81 bits per heavy atom. The number of hydrogen-bond donors (Lipinski definition) is 2. The minimum absolute atomic E-state index is 0.158. The molecule has 0 spiro atoms. The molecule has 2 aromatic heterocycles. The van der Waals surface area contributed by atoms with Crippen molar-refractivity contribution in [3.05, 3.63) is 53.1 Å². The average Bonchev–Trinajstić information content (AvgIpc) is 3.35. The van der Waals surface area contributed by atoms with Gasteiger partial charge in [-0.25, -0.2) is 14.2 Å². The van der Waals surface area contributed by atoms with Crippen molar-refractivity contribution >= 4 is 22.6 Å². The van der Waals surface area contributed by atoms with E-state index in [1.807, 2.05) is 22.9 Å². The predicted octanol–water partition coefficient (Wildman–Crippen LogP) is 2.53. The van der Waals surface area contributed by atoms with Crippen LogP contribution in [0.15, 0.2) is 47.5 Å². The molecular formula is C19H22N6O2. The molecule has 0 radical (unpaired) electrons. The first-order valence-corrected chi connectivity index (χ1v) is 9.25. The van der Waals surface area contributed by atoms with Gasteiger partial charge in [0.2, 0.25) is 0 Å². The van der Waals surface area contributed by atoms with E-state index in [-0.39, 0.29) is 11.6 Å². The van der Waals surface area contributed by atoms with Gasteiger partial charge in [0.05, 0.1) is 30.4 Å². The number of nitrogens with zero attached hydrogens (tertiary/aromatic N) is 4. The Hall–Kier alpha value is -3.16. The van der Waals surface area contributed by atoms with E-state index < -0.39 is 0 Å². The molecule has 140 valence electrons. The summed E-state index contributed by atoms with van der Waals surface area (Å²) in [7, 11) is 0. The topological polar surface area (TPSA) is 93.8 Å². The number of rotatable bonds is 5.